The molecule has 0 bridgehead atoms. The molecule has 0 radical (unpaired) electrons. The smallest absolute Gasteiger partial charge is 0.146 e. The van der Waals surface area contributed by atoms with Gasteiger partial charge in [-0.15, -0.1) is 6.58 Å². The second-order valence-corrected chi connectivity index (χ2v) is 8.08. The van der Waals surface area contributed by atoms with Crippen molar-refractivity contribution in [3.8, 4) is 23.0 Å². The van der Waals surface area contributed by atoms with Gasteiger partial charge in [-0.05, 0) is 65.1 Å². The van der Waals surface area contributed by atoms with E-state index in [1.54, 1.807) is 6.07 Å². The summed E-state index contributed by atoms with van der Waals surface area (Å²) in [6, 6.07) is 26.4. The quantitative estimate of drug-likeness (QED) is 0.219. The Labute approximate surface area is 190 Å². The van der Waals surface area contributed by atoms with E-state index in [1.807, 2.05) is 36.4 Å². The maximum atomic E-state index is 15.0. The first kappa shape index (κ1) is 21.6. The standard InChI is InChI=1S/C31H27F/c1-3-5-7-23-8-14-26(15-9-23)27-16-10-24(11-17-27)12-18-28-19-20-29-22-25(6-4-2)13-21-30(29)31(28)32/h3,8-11,13-17,19-22H,1,4-7H2,2H3. The Kier molecular flexibility index (Phi) is 6.83. The fourth-order valence-electron chi connectivity index (χ4n) is 3.90. The Morgan fingerprint density at radius 1 is 0.781 bits per heavy atom. The zero-order chi connectivity index (χ0) is 22.3. The van der Waals surface area contributed by atoms with Crippen LogP contribution in [-0.4, -0.2) is 0 Å². The SMILES string of the molecule is C=CCCc1ccc(-c2ccc(C#Cc3ccc4cc(CCC)ccc4c3F)cc2)cc1. The molecular weight excluding hydrogens is 391 g/mol. The summed E-state index contributed by atoms with van der Waals surface area (Å²) in [5.74, 6) is 5.88. The molecule has 4 aromatic carbocycles. The van der Waals surface area contributed by atoms with Crippen LogP contribution in [0.1, 0.15) is 42.0 Å². The summed E-state index contributed by atoms with van der Waals surface area (Å²) in [6.45, 7) is 5.93. The minimum absolute atomic E-state index is 0.244. The van der Waals surface area contributed by atoms with Crippen LogP contribution < -0.4 is 0 Å². The zero-order valence-electron chi connectivity index (χ0n) is 18.5. The molecule has 0 nitrogen and oxygen atoms in total. The summed E-state index contributed by atoms with van der Waals surface area (Å²) in [5.41, 5.74) is 6.18. The predicted molar refractivity (Wildman–Crippen MR) is 134 cm³/mol. The van der Waals surface area contributed by atoms with Crippen molar-refractivity contribution in [2.24, 2.45) is 0 Å². The largest absolute Gasteiger partial charge is 0.205 e. The molecule has 1 heteroatoms. The van der Waals surface area contributed by atoms with Crippen molar-refractivity contribution in [2.75, 3.05) is 0 Å². The van der Waals surface area contributed by atoms with Crippen LogP contribution in [0.25, 0.3) is 21.9 Å². The summed E-state index contributed by atoms with van der Waals surface area (Å²) in [6.07, 6.45) is 6.04. The van der Waals surface area contributed by atoms with Crippen molar-refractivity contribution in [2.45, 2.75) is 32.6 Å². The molecule has 158 valence electrons. The number of fused-ring (bicyclic) bond motifs is 1. The lowest BCUT2D eigenvalue weighted by Crippen LogP contribution is -1.89. The summed E-state index contributed by atoms with van der Waals surface area (Å²) >= 11 is 0. The normalized spacial score (nSPS) is 10.6. The molecular formula is C31H27F. The van der Waals surface area contributed by atoms with Gasteiger partial charge < -0.3 is 0 Å². The third-order valence-corrected chi connectivity index (χ3v) is 5.71. The number of benzene rings is 4. The van der Waals surface area contributed by atoms with Gasteiger partial charge in [-0.3, -0.25) is 0 Å². The average molecular weight is 419 g/mol. The van der Waals surface area contributed by atoms with Crippen molar-refractivity contribution in [3.05, 3.63) is 120 Å². The van der Waals surface area contributed by atoms with Crippen LogP contribution in [-0.2, 0) is 12.8 Å². The molecule has 0 aliphatic heterocycles. The van der Waals surface area contributed by atoms with E-state index < -0.39 is 0 Å². The van der Waals surface area contributed by atoms with Gasteiger partial charge in [0.05, 0.1) is 5.56 Å². The first-order valence-electron chi connectivity index (χ1n) is 11.2. The van der Waals surface area contributed by atoms with Crippen LogP contribution in [0.4, 0.5) is 4.39 Å². The van der Waals surface area contributed by atoms with Crippen molar-refractivity contribution in [3.63, 3.8) is 0 Å². The first-order valence-corrected chi connectivity index (χ1v) is 11.2. The molecule has 0 unspecified atom stereocenters. The monoisotopic (exact) mass is 418 g/mol. The zero-order valence-corrected chi connectivity index (χ0v) is 18.5. The second kappa shape index (κ2) is 10.1. The van der Waals surface area contributed by atoms with Gasteiger partial charge in [-0.1, -0.05) is 91.9 Å². The Morgan fingerprint density at radius 3 is 2.16 bits per heavy atom. The number of aryl methyl sites for hydroxylation is 2. The minimum Gasteiger partial charge on any atom is -0.205 e. The fourth-order valence-corrected chi connectivity index (χ4v) is 3.90. The molecule has 0 aliphatic carbocycles. The van der Waals surface area contributed by atoms with Crippen molar-refractivity contribution < 1.29 is 4.39 Å². The number of allylic oxidation sites excluding steroid dienone is 1. The maximum Gasteiger partial charge on any atom is 0.146 e. The highest BCUT2D eigenvalue weighted by Crippen LogP contribution is 2.23. The first-order chi connectivity index (χ1) is 15.7. The molecule has 0 amide bonds. The van der Waals surface area contributed by atoms with Crippen LogP contribution in [0, 0.1) is 17.7 Å². The Bertz CT molecular complexity index is 1280. The van der Waals surface area contributed by atoms with E-state index in [9.17, 15) is 4.39 Å². The lowest BCUT2D eigenvalue weighted by atomic mass is 10.0. The van der Waals surface area contributed by atoms with Crippen molar-refractivity contribution in [1.82, 2.24) is 0 Å². The van der Waals surface area contributed by atoms with E-state index >= 15 is 0 Å². The van der Waals surface area contributed by atoms with E-state index in [0.29, 0.717) is 10.9 Å². The van der Waals surface area contributed by atoms with Gasteiger partial charge >= 0.3 is 0 Å². The number of hydrogen-bond acceptors (Lipinski definition) is 0. The molecule has 0 N–H and O–H groups in total. The Hall–Kier alpha value is -3.63. The van der Waals surface area contributed by atoms with E-state index in [-0.39, 0.29) is 5.82 Å². The summed E-state index contributed by atoms with van der Waals surface area (Å²) < 4.78 is 15.0. The van der Waals surface area contributed by atoms with Gasteiger partial charge in [0.2, 0.25) is 0 Å². The van der Waals surface area contributed by atoms with E-state index in [2.05, 4.69) is 67.8 Å². The number of rotatable bonds is 6. The van der Waals surface area contributed by atoms with Gasteiger partial charge in [-0.2, -0.15) is 0 Å². The van der Waals surface area contributed by atoms with Gasteiger partial charge in [0.15, 0.2) is 0 Å². The predicted octanol–water partition coefficient (Wildman–Crippen LogP) is 8.12. The second-order valence-electron chi connectivity index (χ2n) is 8.08. The van der Waals surface area contributed by atoms with Gasteiger partial charge in [0, 0.05) is 10.9 Å². The van der Waals surface area contributed by atoms with Gasteiger partial charge in [0.25, 0.3) is 0 Å². The molecule has 32 heavy (non-hydrogen) atoms. The van der Waals surface area contributed by atoms with Gasteiger partial charge in [-0.25, -0.2) is 4.39 Å². The van der Waals surface area contributed by atoms with E-state index in [4.69, 9.17) is 0 Å². The molecule has 4 rings (SSSR count). The van der Waals surface area contributed by atoms with Crippen LogP contribution in [0.5, 0.6) is 0 Å². The number of halogens is 1. The maximum absolute atomic E-state index is 15.0. The highest BCUT2D eigenvalue weighted by atomic mass is 19.1. The lowest BCUT2D eigenvalue weighted by Gasteiger charge is -2.05. The summed E-state index contributed by atoms with van der Waals surface area (Å²) in [7, 11) is 0. The van der Waals surface area contributed by atoms with Gasteiger partial charge in [0.1, 0.15) is 5.82 Å². The third-order valence-electron chi connectivity index (χ3n) is 5.71. The summed E-state index contributed by atoms with van der Waals surface area (Å²) in [4.78, 5) is 0. The van der Waals surface area contributed by atoms with E-state index in [1.165, 1.54) is 16.7 Å². The fraction of sp³-hybridized carbons (Fsp3) is 0.161. The molecule has 0 saturated heterocycles. The molecule has 0 atom stereocenters. The molecule has 0 aromatic heterocycles. The van der Waals surface area contributed by atoms with Crippen molar-refractivity contribution >= 4 is 10.8 Å². The average Bonchev–Trinajstić information content (AvgIpc) is 2.83. The molecule has 0 heterocycles. The minimum atomic E-state index is -0.244. The van der Waals surface area contributed by atoms with Crippen molar-refractivity contribution in [1.29, 1.82) is 0 Å². The van der Waals surface area contributed by atoms with Crippen LogP contribution in [0.15, 0.2) is 91.5 Å². The molecule has 0 spiro atoms. The lowest BCUT2D eigenvalue weighted by molar-refractivity contribution is 0.636. The number of hydrogen-bond donors (Lipinski definition) is 0. The van der Waals surface area contributed by atoms with Crippen LogP contribution in [0.3, 0.4) is 0 Å². The molecule has 0 saturated carbocycles. The Morgan fingerprint density at radius 2 is 1.47 bits per heavy atom. The highest BCUT2D eigenvalue weighted by Gasteiger charge is 2.06. The van der Waals surface area contributed by atoms with Crippen LogP contribution in [0.2, 0.25) is 0 Å². The third kappa shape index (κ3) is 4.98. The molecule has 4 aromatic rings. The van der Waals surface area contributed by atoms with E-state index in [0.717, 1.165) is 42.2 Å². The molecule has 0 aliphatic rings. The Balaban J connectivity index is 1.52. The van der Waals surface area contributed by atoms with Crippen LogP contribution >= 0.6 is 0 Å². The summed E-state index contributed by atoms with van der Waals surface area (Å²) in [5, 5.41) is 1.56. The topological polar surface area (TPSA) is 0 Å². The molecule has 0 fully saturated rings. The highest BCUT2D eigenvalue weighted by molar-refractivity contribution is 5.85.